The Hall–Kier alpha value is -2.02. The molecule has 0 aromatic carbocycles. The van der Waals surface area contributed by atoms with Crippen LogP contribution in [0.15, 0.2) is 27.3 Å². The van der Waals surface area contributed by atoms with Crippen LogP contribution in [0, 0.1) is 6.92 Å². The fourth-order valence-electron chi connectivity index (χ4n) is 3.21. The highest BCUT2D eigenvalue weighted by Crippen LogP contribution is 2.29. The molecule has 1 fully saturated rings. The Balaban J connectivity index is 1.73. The van der Waals surface area contributed by atoms with E-state index in [0.29, 0.717) is 6.54 Å². The van der Waals surface area contributed by atoms with Gasteiger partial charge >= 0.3 is 0 Å². The summed E-state index contributed by atoms with van der Waals surface area (Å²) >= 11 is 3.36. The van der Waals surface area contributed by atoms with Crippen LogP contribution < -0.4 is 9.80 Å². The van der Waals surface area contributed by atoms with Gasteiger partial charge in [-0.25, -0.2) is 0 Å². The number of aromatic nitrogens is 3. The standard InChI is InChI=1S/C17H20BrN5O/c1-11-9-13-15(19-11)20-17(23-7-3-4-8-23)21-16(13)22(2)10-12-5-6-14(18)24-12/h5-6,9H,3-4,7-8,10H2,1-2H3,(H,19,20,21). The summed E-state index contributed by atoms with van der Waals surface area (Å²) in [5.41, 5.74) is 1.99. The van der Waals surface area contributed by atoms with E-state index in [2.05, 4.69) is 36.8 Å². The van der Waals surface area contributed by atoms with Gasteiger partial charge in [-0.15, -0.1) is 0 Å². The van der Waals surface area contributed by atoms with Gasteiger partial charge in [0.05, 0.1) is 11.9 Å². The molecule has 3 aromatic heterocycles. The van der Waals surface area contributed by atoms with Crippen molar-refractivity contribution in [3.8, 4) is 0 Å². The Labute approximate surface area is 149 Å². The zero-order valence-electron chi connectivity index (χ0n) is 13.8. The van der Waals surface area contributed by atoms with Gasteiger partial charge in [-0.3, -0.25) is 0 Å². The maximum Gasteiger partial charge on any atom is 0.229 e. The second-order valence-electron chi connectivity index (χ2n) is 6.32. The first-order valence-corrected chi connectivity index (χ1v) is 8.97. The first kappa shape index (κ1) is 15.5. The number of aromatic amines is 1. The van der Waals surface area contributed by atoms with E-state index in [0.717, 1.165) is 52.0 Å². The largest absolute Gasteiger partial charge is 0.452 e. The fourth-order valence-corrected chi connectivity index (χ4v) is 3.55. The number of halogens is 1. The average molecular weight is 390 g/mol. The number of hydrogen-bond acceptors (Lipinski definition) is 5. The fraction of sp³-hybridized carbons (Fsp3) is 0.412. The van der Waals surface area contributed by atoms with Gasteiger partial charge in [0.25, 0.3) is 0 Å². The Kier molecular flexibility index (Phi) is 3.96. The number of anilines is 2. The molecule has 1 saturated heterocycles. The van der Waals surface area contributed by atoms with E-state index < -0.39 is 0 Å². The number of fused-ring (bicyclic) bond motifs is 1. The number of nitrogens with zero attached hydrogens (tertiary/aromatic N) is 4. The smallest absolute Gasteiger partial charge is 0.229 e. The van der Waals surface area contributed by atoms with Gasteiger partial charge in [-0.2, -0.15) is 9.97 Å². The van der Waals surface area contributed by atoms with Gasteiger partial charge < -0.3 is 19.2 Å². The van der Waals surface area contributed by atoms with Crippen LogP contribution in [0.4, 0.5) is 11.8 Å². The minimum absolute atomic E-state index is 0.654. The highest BCUT2D eigenvalue weighted by Gasteiger charge is 2.20. The molecule has 6 nitrogen and oxygen atoms in total. The summed E-state index contributed by atoms with van der Waals surface area (Å²) in [6.07, 6.45) is 2.41. The van der Waals surface area contributed by atoms with E-state index in [9.17, 15) is 0 Å². The molecule has 1 aliphatic heterocycles. The van der Waals surface area contributed by atoms with Crippen molar-refractivity contribution in [3.05, 3.63) is 34.3 Å². The van der Waals surface area contributed by atoms with Crippen molar-refractivity contribution >= 4 is 38.7 Å². The topological polar surface area (TPSA) is 61.2 Å². The molecule has 0 saturated carbocycles. The lowest BCUT2D eigenvalue weighted by molar-refractivity contribution is 0.486. The van der Waals surface area contributed by atoms with E-state index in [1.54, 1.807) is 0 Å². The van der Waals surface area contributed by atoms with Crippen LogP contribution in [0.3, 0.4) is 0 Å². The quantitative estimate of drug-likeness (QED) is 0.733. The Bertz CT molecular complexity index is 865. The molecule has 3 aromatic rings. The molecule has 1 aliphatic rings. The van der Waals surface area contributed by atoms with Crippen molar-refractivity contribution in [1.82, 2.24) is 15.0 Å². The van der Waals surface area contributed by atoms with Gasteiger partial charge in [0.2, 0.25) is 5.95 Å². The SMILES string of the molecule is Cc1cc2c(N(C)Cc3ccc(Br)o3)nc(N3CCCC3)nc2[nH]1. The number of H-pyrrole nitrogens is 1. The van der Waals surface area contributed by atoms with Crippen LogP contribution in [0.1, 0.15) is 24.3 Å². The molecular weight excluding hydrogens is 370 g/mol. The zero-order valence-corrected chi connectivity index (χ0v) is 15.4. The second-order valence-corrected chi connectivity index (χ2v) is 7.10. The molecule has 4 rings (SSSR count). The summed E-state index contributed by atoms with van der Waals surface area (Å²) in [6, 6.07) is 5.99. The van der Waals surface area contributed by atoms with Crippen molar-refractivity contribution in [2.24, 2.45) is 0 Å². The molecule has 126 valence electrons. The summed E-state index contributed by atoms with van der Waals surface area (Å²) in [7, 11) is 2.04. The highest BCUT2D eigenvalue weighted by molar-refractivity contribution is 9.10. The number of aryl methyl sites for hydroxylation is 1. The molecule has 0 unspecified atom stereocenters. The summed E-state index contributed by atoms with van der Waals surface area (Å²) < 4.78 is 6.38. The number of rotatable bonds is 4. The van der Waals surface area contributed by atoms with E-state index in [4.69, 9.17) is 14.4 Å². The normalized spacial score (nSPS) is 14.7. The van der Waals surface area contributed by atoms with Crippen LogP contribution in [-0.2, 0) is 6.54 Å². The second kappa shape index (κ2) is 6.12. The first-order chi connectivity index (χ1) is 11.6. The van der Waals surface area contributed by atoms with Gasteiger partial charge in [0.15, 0.2) is 4.67 Å². The third kappa shape index (κ3) is 2.88. The summed E-state index contributed by atoms with van der Waals surface area (Å²) in [5.74, 6) is 2.63. The van der Waals surface area contributed by atoms with Gasteiger partial charge in [0, 0.05) is 25.8 Å². The third-order valence-electron chi connectivity index (χ3n) is 4.36. The summed E-state index contributed by atoms with van der Waals surface area (Å²) in [5, 5.41) is 1.04. The van der Waals surface area contributed by atoms with Crippen molar-refractivity contribution < 1.29 is 4.42 Å². The van der Waals surface area contributed by atoms with Crippen molar-refractivity contribution in [2.45, 2.75) is 26.3 Å². The lowest BCUT2D eigenvalue weighted by atomic mass is 10.3. The monoisotopic (exact) mass is 389 g/mol. The van der Waals surface area contributed by atoms with E-state index in [1.165, 1.54) is 12.8 Å². The minimum Gasteiger partial charge on any atom is -0.452 e. The molecule has 0 aliphatic carbocycles. The van der Waals surface area contributed by atoms with Crippen LogP contribution in [0.25, 0.3) is 11.0 Å². The van der Waals surface area contributed by atoms with Gasteiger partial charge in [-0.1, -0.05) is 0 Å². The molecule has 0 radical (unpaired) electrons. The molecule has 1 N–H and O–H groups in total. The molecule has 0 bridgehead atoms. The van der Waals surface area contributed by atoms with E-state index >= 15 is 0 Å². The average Bonchev–Trinajstić information content (AvgIpc) is 3.26. The predicted molar refractivity (Wildman–Crippen MR) is 98.6 cm³/mol. The maximum atomic E-state index is 5.64. The highest BCUT2D eigenvalue weighted by atomic mass is 79.9. The van der Waals surface area contributed by atoms with E-state index in [-0.39, 0.29) is 0 Å². The molecule has 0 spiro atoms. The third-order valence-corrected chi connectivity index (χ3v) is 4.79. The molecular formula is C17H20BrN5O. The molecule has 24 heavy (non-hydrogen) atoms. The predicted octanol–water partition coefficient (Wildman–Crippen LogP) is 3.86. The lowest BCUT2D eigenvalue weighted by Crippen LogP contribution is -2.23. The lowest BCUT2D eigenvalue weighted by Gasteiger charge is -2.21. The van der Waals surface area contributed by atoms with Crippen LogP contribution >= 0.6 is 15.9 Å². The molecule has 0 amide bonds. The number of hydrogen-bond donors (Lipinski definition) is 1. The molecule has 4 heterocycles. The number of furan rings is 1. The van der Waals surface area contributed by atoms with E-state index in [1.807, 2.05) is 26.1 Å². The van der Waals surface area contributed by atoms with Crippen LogP contribution in [-0.4, -0.2) is 35.1 Å². The maximum absolute atomic E-state index is 5.64. The van der Waals surface area contributed by atoms with Crippen molar-refractivity contribution in [3.63, 3.8) is 0 Å². The molecule has 7 heteroatoms. The Morgan fingerprint density at radius 2 is 2.08 bits per heavy atom. The first-order valence-electron chi connectivity index (χ1n) is 8.18. The molecule has 0 atom stereocenters. The van der Waals surface area contributed by atoms with Gasteiger partial charge in [-0.05, 0) is 53.9 Å². The van der Waals surface area contributed by atoms with Crippen molar-refractivity contribution in [1.29, 1.82) is 0 Å². The number of nitrogens with one attached hydrogen (secondary N) is 1. The Morgan fingerprint density at radius 1 is 1.29 bits per heavy atom. The summed E-state index contributed by atoms with van der Waals surface area (Å²) in [4.78, 5) is 17.3. The van der Waals surface area contributed by atoms with Gasteiger partial charge in [0.1, 0.15) is 17.2 Å². The minimum atomic E-state index is 0.654. The summed E-state index contributed by atoms with van der Waals surface area (Å²) in [6.45, 7) is 4.75. The zero-order chi connectivity index (χ0) is 16.7. The van der Waals surface area contributed by atoms with Crippen molar-refractivity contribution in [2.75, 3.05) is 29.9 Å². The Morgan fingerprint density at radius 3 is 2.79 bits per heavy atom. The van der Waals surface area contributed by atoms with Crippen LogP contribution in [0.2, 0.25) is 0 Å². The van der Waals surface area contributed by atoms with Crippen LogP contribution in [0.5, 0.6) is 0 Å².